The van der Waals surface area contributed by atoms with E-state index in [-0.39, 0.29) is 0 Å². The summed E-state index contributed by atoms with van der Waals surface area (Å²) in [5, 5.41) is 7.55. The van der Waals surface area contributed by atoms with E-state index < -0.39 is 0 Å². The van der Waals surface area contributed by atoms with Crippen molar-refractivity contribution in [1.82, 2.24) is 20.4 Å². The summed E-state index contributed by atoms with van der Waals surface area (Å²) in [6.07, 6.45) is 3.75. The van der Waals surface area contributed by atoms with Gasteiger partial charge in [-0.1, -0.05) is 25.9 Å². The first-order chi connectivity index (χ1) is 9.69. The maximum absolute atomic E-state index is 5.32. The minimum Gasteiger partial charge on any atom is -0.338 e. The van der Waals surface area contributed by atoms with Gasteiger partial charge in [-0.25, -0.2) is 0 Å². The molecule has 0 unspecified atom stereocenters. The minimum atomic E-state index is 0.336. The Morgan fingerprint density at radius 3 is 2.70 bits per heavy atom. The fraction of sp³-hybridized carbons (Fsp3) is 0.867. The Hall–Kier alpha value is -0.940. The lowest BCUT2D eigenvalue weighted by atomic mass is 9.97. The van der Waals surface area contributed by atoms with Crippen molar-refractivity contribution in [2.75, 3.05) is 26.2 Å². The van der Waals surface area contributed by atoms with Gasteiger partial charge in [0.1, 0.15) is 0 Å². The van der Waals surface area contributed by atoms with Crippen molar-refractivity contribution < 1.29 is 4.52 Å². The van der Waals surface area contributed by atoms with Crippen LogP contribution in [-0.2, 0) is 6.54 Å². The molecule has 1 N–H and O–H groups in total. The molecule has 1 fully saturated rings. The summed E-state index contributed by atoms with van der Waals surface area (Å²) >= 11 is 0. The van der Waals surface area contributed by atoms with Gasteiger partial charge < -0.3 is 9.84 Å². The second-order valence-corrected chi connectivity index (χ2v) is 6.12. The van der Waals surface area contributed by atoms with E-state index in [2.05, 4.69) is 41.1 Å². The van der Waals surface area contributed by atoms with Gasteiger partial charge in [-0.2, -0.15) is 4.98 Å². The Morgan fingerprint density at radius 1 is 1.35 bits per heavy atom. The van der Waals surface area contributed by atoms with Gasteiger partial charge in [0.2, 0.25) is 5.89 Å². The van der Waals surface area contributed by atoms with Crippen LogP contribution in [0.4, 0.5) is 0 Å². The predicted octanol–water partition coefficient (Wildman–Crippen LogP) is 2.40. The second-order valence-electron chi connectivity index (χ2n) is 6.12. The van der Waals surface area contributed by atoms with Crippen LogP contribution >= 0.6 is 0 Å². The highest BCUT2D eigenvalue weighted by atomic mass is 16.5. The molecule has 0 aromatic carbocycles. The summed E-state index contributed by atoms with van der Waals surface area (Å²) in [6.45, 7) is 11.8. The summed E-state index contributed by atoms with van der Waals surface area (Å²) < 4.78 is 5.32. The molecule has 0 spiro atoms. The van der Waals surface area contributed by atoms with Crippen molar-refractivity contribution in [3.8, 4) is 0 Å². The third-order valence-electron chi connectivity index (χ3n) is 3.93. The van der Waals surface area contributed by atoms with Crippen molar-refractivity contribution in [3.05, 3.63) is 11.7 Å². The van der Waals surface area contributed by atoms with Gasteiger partial charge in [0, 0.05) is 5.92 Å². The monoisotopic (exact) mass is 280 g/mol. The number of nitrogens with zero attached hydrogens (tertiary/aromatic N) is 3. The molecule has 0 radical (unpaired) electrons. The highest BCUT2D eigenvalue weighted by molar-refractivity contribution is 4.92. The summed E-state index contributed by atoms with van der Waals surface area (Å²) in [5.41, 5.74) is 0. The fourth-order valence-corrected chi connectivity index (χ4v) is 2.59. The van der Waals surface area contributed by atoms with Crippen molar-refractivity contribution in [1.29, 1.82) is 0 Å². The quantitative estimate of drug-likeness (QED) is 0.777. The van der Waals surface area contributed by atoms with Crippen molar-refractivity contribution in [3.63, 3.8) is 0 Å². The predicted molar refractivity (Wildman–Crippen MR) is 79.5 cm³/mol. The van der Waals surface area contributed by atoms with E-state index in [1.165, 1.54) is 25.8 Å². The molecule has 1 aromatic rings. The highest BCUT2D eigenvalue weighted by Crippen LogP contribution is 2.18. The van der Waals surface area contributed by atoms with Gasteiger partial charge in [-0.3, -0.25) is 4.90 Å². The molecule has 1 aliphatic heterocycles. The Balaban J connectivity index is 1.71. The molecule has 0 bridgehead atoms. The number of rotatable bonds is 7. The Bertz CT molecular complexity index is 383. The number of nitrogens with one attached hydrogen (secondary N) is 1. The molecule has 5 nitrogen and oxygen atoms in total. The molecule has 0 amide bonds. The smallest absolute Gasteiger partial charge is 0.240 e. The highest BCUT2D eigenvalue weighted by Gasteiger charge is 2.21. The maximum atomic E-state index is 5.32. The van der Waals surface area contributed by atoms with Gasteiger partial charge in [-0.05, 0) is 51.4 Å². The summed E-state index contributed by atoms with van der Waals surface area (Å²) in [6, 6.07) is 0. The lowest BCUT2D eigenvalue weighted by Gasteiger charge is -2.31. The summed E-state index contributed by atoms with van der Waals surface area (Å²) in [5.74, 6) is 2.74. The van der Waals surface area contributed by atoms with Crippen LogP contribution in [0, 0.1) is 5.92 Å². The molecular formula is C15H28N4O. The van der Waals surface area contributed by atoms with E-state index in [4.69, 9.17) is 4.52 Å². The van der Waals surface area contributed by atoms with Crippen LogP contribution in [0.5, 0.6) is 0 Å². The molecule has 2 rings (SSSR count). The Morgan fingerprint density at radius 2 is 2.10 bits per heavy atom. The normalized spacial score (nSPS) is 18.0. The molecule has 114 valence electrons. The van der Waals surface area contributed by atoms with E-state index in [0.717, 1.165) is 43.8 Å². The number of aromatic nitrogens is 2. The van der Waals surface area contributed by atoms with Crippen LogP contribution in [0.25, 0.3) is 0 Å². The molecule has 20 heavy (non-hydrogen) atoms. The van der Waals surface area contributed by atoms with E-state index in [1.807, 2.05) is 0 Å². The zero-order chi connectivity index (χ0) is 14.4. The van der Waals surface area contributed by atoms with Crippen LogP contribution in [0.1, 0.15) is 57.7 Å². The largest absolute Gasteiger partial charge is 0.338 e. The van der Waals surface area contributed by atoms with Crippen LogP contribution < -0.4 is 5.32 Å². The first-order valence-corrected chi connectivity index (χ1v) is 7.94. The molecule has 2 heterocycles. The second kappa shape index (κ2) is 7.74. The number of hydrogen-bond acceptors (Lipinski definition) is 5. The fourth-order valence-electron chi connectivity index (χ4n) is 2.59. The molecule has 0 saturated carbocycles. The Labute approximate surface area is 122 Å². The minimum absolute atomic E-state index is 0.336. The SMILES string of the molecule is CCCNCC1CCN(Cc2nc(C(C)C)no2)CC1. The van der Waals surface area contributed by atoms with Gasteiger partial charge in [0.15, 0.2) is 5.82 Å². The first kappa shape index (κ1) is 15.4. The molecule has 1 saturated heterocycles. The molecular weight excluding hydrogens is 252 g/mol. The van der Waals surface area contributed by atoms with Crippen molar-refractivity contribution in [2.24, 2.45) is 5.92 Å². The molecule has 0 atom stereocenters. The van der Waals surface area contributed by atoms with Crippen LogP contribution in [0.15, 0.2) is 4.52 Å². The summed E-state index contributed by atoms with van der Waals surface area (Å²) in [4.78, 5) is 6.88. The van der Waals surface area contributed by atoms with Crippen LogP contribution in [-0.4, -0.2) is 41.2 Å². The molecule has 0 aliphatic carbocycles. The maximum Gasteiger partial charge on any atom is 0.240 e. The third-order valence-corrected chi connectivity index (χ3v) is 3.93. The van der Waals surface area contributed by atoms with Crippen molar-refractivity contribution >= 4 is 0 Å². The molecule has 1 aliphatic rings. The van der Waals surface area contributed by atoms with Gasteiger partial charge in [-0.15, -0.1) is 0 Å². The lowest BCUT2D eigenvalue weighted by molar-refractivity contribution is 0.158. The van der Waals surface area contributed by atoms with E-state index in [0.29, 0.717) is 5.92 Å². The third kappa shape index (κ3) is 4.56. The first-order valence-electron chi connectivity index (χ1n) is 7.94. The number of likely N-dealkylation sites (tertiary alicyclic amines) is 1. The average Bonchev–Trinajstić information content (AvgIpc) is 2.90. The van der Waals surface area contributed by atoms with E-state index >= 15 is 0 Å². The summed E-state index contributed by atoms with van der Waals surface area (Å²) in [7, 11) is 0. The van der Waals surface area contributed by atoms with Crippen molar-refractivity contribution in [2.45, 2.75) is 52.5 Å². The van der Waals surface area contributed by atoms with Gasteiger partial charge in [0.05, 0.1) is 6.54 Å². The van der Waals surface area contributed by atoms with Gasteiger partial charge >= 0.3 is 0 Å². The molecule has 5 heteroatoms. The number of piperidine rings is 1. The van der Waals surface area contributed by atoms with E-state index in [9.17, 15) is 0 Å². The van der Waals surface area contributed by atoms with E-state index in [1.54, 1.807) is 0 Å². The Kier molecular flexibility index (Phi) is 5.98. The zero-order valence-electron chi connectivity index (χ0n) is 13.1. The topological polar surface area (TPSA) is 54.2 Å². The standard InChI is InChI=1S/C15H28N4O/c1-4-7-16-10-13-5-8-19(9-6-13)11-14-17-15(12(2)3)18-20-14/h12-13,16H,4-11H2,1-3H3. The zero-order valence-corrected chi connectivity index (χ0v) is 13.1. The number of hydrogen-bond donors (Lipinski definition) is 1. The van der Waals surface area contributed by atoms with Crippen LogP contribution in [0.3, 0.4) is 0 Å². The molecule has 1 aromatic heterocycles. The lowest BCUT2D eigenvalue weighted by Crippen LogP contribution is -2.37. The van der Waals surface area contributed by atoms with Crippen LogP contribution in [0.2, 0.25) is 0 Å². The average molecular weight is 280 g/mol. The van der Waals surface area contributed by atoms with Gasteiger partial charge in [0.25, 0.3) is 0 Å².